The third-order valence-corrected chi connectivity index (χ3v) is 2.00. The maximum absolute atomic E-state index is 3.86. The van der Waals surface area contributed by atoms with E-state index in [0.717, 1.165) is 18.9 Å². The molecule has 0 amide bonds. The van der Waals surface area contributed by atoms with E-state index in [1.54, 1.807) is 4.68 Å². The molecule has 0 aliphatic heterocycles. The lowest BCUT2D eigenvalue weighted by molar-refractivity contribution is 0.390. The third kappa shape index (κ3) is 3.29. The van der Waals surface area contributed by atoms with Gasteiger partial charge in [-0.2, -0.15) is 0 Å². The fraction of sp³-hybridized carbons (Fsp3) is 0.875. The Morgan fingerprint density at radius 1 is 1.50 bits per heavy atom. The van der Waals surface area contributed by atoms with E-state index in [-0.39, 0.29) is 0 Å². The molecule has 1 N–H and O–H groups in total. The fourth-order valence-electron chi connectivity index (χ4n) is 1.10. The minimum Gasteiger partial charge on any atom is -0.351 e. The maximum Gasteiger partial charge on any atom is 0.242 e. The number of tetrazole rings is 1. The van der Waals surface area contributed by atoms with E-state index in [9.17, 15) is 0 Å². The molecule has 6 heteroatoms. The average molecular weight is 198 g/mol. The molecule has 1 aromatic heterocycles. The molecule has 6 nitrogen and oxygen atoms in total. The smallest absolute Gasteiger partial charge is 0.242 e. The first kappa shape index (κ1) is 10.9. The first-order chi connectivity index (χ1) is 6.59. The predicted molar refractivity (Wildman–Crippen MR) is 55.1 cm³/mol. The van der Waals surface area contributed by atoms with Gasteiger partial charge in [-0.05, 0) is 44.4 Å². The minimum atomic E-state index is 0.377. The van der Waals surface area contributed by atoms with Crippen LogP contribution in [0.1, 0.15) is 13.3 Å². The first-order valence-electron chi connectivity index (χ1n) is 4.73. The monoisotopic (exact) mass is 198 g/mol. The Morgan fingerprint density at radius 3 is 2.71 bits per heavy atom. The van der Waals surface area contributed by atoms with Gasteiger partial charge < -0.3 is 10.2 Å². The number of hydrogen-bond acceptors (Lipinski definition) is 5. The number of nitrogens with one attached hydrogen (secondary N) is 1. The van der Waals surface area contributed by atoms with Crippen molar-refractivity contribution in [1.82, 2.24) is 25.1 Å². The van der Waals surface area contributed by atoms with Gasteiger partial charge >= 0.3 is 0 Å². The molecule has 14 heavy (non-hydrogen) atoms. The summed E-state index contributed by atoms with van der Waals surface area (Å²) in [6.45, 7) is 3.18. The van der Waals surface area contributed by atoms with Crippen LogP contribution in [0.3, 0.4) is 0 Å². The van der Waals surface area contributed by atoms with Crippen molar-refractivity contribution < 1.29 is 0 Å². The Labute approximate surface area is 84.3 Å². The van der Waals surface area contributed by atoms with Crippen molar-refractivity contribution in [3.05, 3.63) is 0 Å². The van der Waals surface area contributed by atoms with Crippen molar-refractivity contribution in [1.29, 1.82) is 0 Å². The Balaban J connectivity index is 2.34. The average Bonchev–Trinajstić information content (AvgIpc) is 2.49. The molecule has 0 saturated heterocycles. The van der Waals surface area contributed by atoms with Gasteiger partial charge in [0.1, 0.15) is 0 Å². The summed E-state index contributed by atoms with van der Waals surface area (Å²) in [7, 11) is 5.95. The van der Waals surface area contributed by atoms with Crippen LogP contribution in [-0.2, 0) is 7.05 Å². The molecule has 1 atom stereocenters. The molecule has 0 aromatic carbocycles. The topological polar surface area (TPSA) is 58.9 Å². The Morgan fingerprint density at radius 2 is 2.21 bits per heavy atom. The van der Waals surface area contributed by atoms with E-state index < -0.39 is 0 Å². The van der Waals surface area contributed by atoms with Crippen molar-refractivity contribution in [3.8, 4) is 0 Å². The highest BCUT2D eigenvalue weighted by Crippen LogP contribution is 2.02. The molecule has 0 aliphatic carbocycles. The van der Waals surface area contributed by atoms with Crippen LogP contribution in [0.4, 0.5) is 5.95 Å². The third-order valence-electron chi connectivity index (χ3n) is 2.00. The lowest BCUT2D eigenvalue weighted by Crippen LogP contribution is -2.24. The molecule has 1 unspecified atom stereocenters. The molecular formula is C8H18N6. The molecule has 80 valence electrons. The van der Waals surface area contributed by atoms with Crippen molar-refractivity contribution in [2.75, 3.05) is 26.0 Å². The van der Waals surface area contributed by atoms with Crippen LogP contribution in [0, 0.1) is 0 Å². The van der Waals surface area contributed by atoms with E-state index in [1.807, 2.05) is 7.05 Å². The first-order valence-corrected chi connectivity index (χ1v) is 4.73. The number of rotatable bonds is 5. The van der Waals surface area contributed by atoms with E-state index in [0.29, 0.717) is 6.04 Å². The lowest BCUT2D eigenvalue weighted by Gasteiger charge is -2.16. The SMILES string of the molecule is CC(CCN(C)C)Nc1nnnn1C. The van der Waals surface area contributed by atoms with Crippen LogP contribution < -0.4 is 5.32 Å². The van der Waals surface area contributed by atoms with Crippen molar-refractivity contribution in [2.24, 2.45) is 7.05 Å². The zero-order valence-electron chi connectivity index (χ0n) is 9.23. The van der Waals surface area contributed by atoms with Gasteiger partial charge in [-0.1, -0.05) is 5.10 Å². The van der Waals surface area contributed by atoms with Gasteiger partial charge in [0.25, 0.3) is 0 Å². The molecule has 1 rings (SSSR count). The number of nitrogens with zero attached hydrogens (tertiary/aromatic N) is 5. The van der Waals surface area contributed by atoms with Crippen LogP contribution >= 0.6 is 0 Å². The Hall–Kier alpha value is -1.17. The molecule has 0 saturated carbocycles. The molecule has 1 heterocycles. The Kier molecular flexibility index (Phi) is 3.82. The van der Waals surface area contributed by atoms with Crippen LogP contribution in [0.15, 0.2) is 0 Å². The summed E-state index contributed by atoms with van der Waals surface area (Å²) in [6.07, 6.45) is 1.07. The summed E-state index contributed by atoms with van der Waals surface area (Å²) >= 11 is 0. The van der Waals surface area contributed by atoms with E-state index >= 15 is 0 Å². The van der Waals surface area contributed by atoms with E-state index in [1.165, 1.54) is 0 Å². The van der Waals surface area contributed by atoms with Crippen molar-refractivity contribution in [2.45, 2.75) is 19.4 Å². The predicted octanol–water partition coefficient (Wildman–Crippen LogP) is -0.0378. The van der Waals surface area contributed by atoms with Crippen molar-refractivity contribution >= 4 is 5.95 Å². The second-order valence-electron chi connectivity index (χ2n) is 3.76. The number of aromatic nitrogens is 4. The van der Waals surface area contributed by atoms with Gasteiger partial charge in [-0.15, -0.1) is 0 Å². The summed E-state index contributed by atoms with van der Waals surface area (Å²) < 4.78 is 1.63. The molecule has 0 bridgehead atoms. The highest BCUT2D eigenvalue weighted by atomic mass is 15.6. The van der Waals surface area contributed by atoms with Crippen LogP contribution in [0.25, 0.3) is 0 Å². The fourth-order valence-corrected chi connectivity index (χ4v) is 1.10. The zero-order valence-corrected chi connectivity index (χ0v) is 9.23. The van der Waals surface area contributed by atoms with Gasteiger partial charge in [-0.3, -0.25) is 0 Å². The normalized spacial score (nSPS) is 13.2. The largest absolute Gasteiger partial charge is 0.351 e. The van der Waals surface area contributed by atoms with E-state index in [4.69, 9.17) is 0 Å². The second kappa shape index (κ2) is 4.90. The van der Waals surface area contributed by atoms with Crippen LogP contribution in [0.2, 0.25) is 0 Å². The summed E-state index contributed by atoms with van der Waals surface area (Å²) in [6, 6.07) is 0.377. The molecule has 0 radical (unpaired) electrons. The maximum atomic E-state index is 3.86. The zero-order chi connectivity index (χ0) is 10.6. The molecule has 0 fully saturated rings. The molecule has 0 spiro atoms. The highest BCUT2D eigenvalue weighted by Gasteiger charge is 2.06. The number of aryl methyl sites for hydroxylation is 1. The van der Waals surface area contributed by atoms with Crippen molar-refractivity contribution in [3.63, 3.8) is 0 Å². The summed E-state index contributed by atoms with van der Waals surface area (Å²) in [5.74, 6) is 0.719. The quantitative estimate of drug-likeness (QED) is 0.719. The van der Waals surface area contributed by atoms with Crippen LogP contribution in [-0.4, -0.2) is 51.8 Å². The Bertz CT molecular complexity index is 269. The van der Waals surface area contributed by atoms with E-state index in [2.05, 4.69) is 46.8 Å². The van der Waals surface area contributed by atoms with Gasteiger partial charge in [-0.25, -0.2) is 4.68 Å². The van der Waals surface area contributed by atoms with Gasteiger partial charge in [0.2, 0.25) is 5.95 Å². The minimum absolute atomic E-state index is 0.377. The van der Waals surface area contributed by atoms with Gasteiger partial charge in [0, 0.05) is 13.1 Å². The summed E-state index contributed by atoms with van der Waals surface area (Å²) in [5, 5.41) is 14.4. The van der Waals surface area contributed by atoms with Crippen LogP contribution in [0.5, 0.6) is 0 Å². The second-order valence-corrected chi connectivity index (χ2v) is 3.76. The van der Waals surface area contributed by atoms with Gasteiger partial charge in [0.15, 0.2) is 0 Å². The molecule has 1 aromatic rings. The highest BCUT2D eigenvalue weighted by molar-refractivity contribution is 5.22. The standard InChI is InChI=1S/C8H18N6/c1-7(5-6-13(2)3)9-8-10-11-12-14(8)4/h7H,5-6H2,1-4H3,(H,9,10,12). The molecule has 0 aliphatic rings. The lowest BCUT2D eigenvalue weighted by atomic mass is 10.2. The summed E-state index contributed by atoms with van der Waals surface area (Å²) in [5.41, 5.74) is 0. The molecular weight excluding hydrogens is 180 g/mol. The summed E-state index contributed by atoms with van der Waals surface area (Å²) in [4.78, 5) is 2.16. The number of hydrogen-bond donors (Lipinski definition) is 1. The van der Waals surface area contributed by atoms with Gasteiger partial charge in [0.05, 0.1) is 0 Å². The number of anilines is 1.